The highest BCUT2D eigenvalue weighted by molar-refractivity contribution is 7.09. The first kappa shape index (κ1) is 25.9. The van der Waals surface area contributed by atoms with Gasteiger partial charge < -0.3 is 44.7 Å². The summed E-state index contributed by atoms with van der Waals surface area (Å²) in [6.45, 7) is 4.31. The van der Waals surface area contributed by atoms with Crippen molar-refractivity contribution in [2.75, 3.05) is 26.9 Å². The van der Waals surface area contributed by atoms with Crippen LogP contribution in [0.25, 0.3) is 0 Å². The molecule has 10 nitrogen and oxygen atoms in total. The number of hydrogen-bond donors (Lipinski definition) is 4. The van der Waals surface area contributed by atoms with Crippen molar-refractivity contribution >= 4 is 15.4 Å². The van der Waals surface area contributed by atoms with Gasteiger partial charge >= 0.3 is 0 Å². The van der Waals surface area contributed by atoms with E-state index in [1.807, 2.05) is 31.0 Å². The van der Waals surface area contributed by atoms with Crippen molar-refractivity contribution in [1.29, 1.82) is 0 Å². The maximum absolute atomic E-state index is 11.4. The van der Waals surface area contributed by atoms with Crippen LogP contribution < -0.4 is 5.73 Å². The number of fused-ring (bicyclic) bond motifs is 1. The van der Waals surface area contributed by atoms with Gasteiger partial charge in [0.2, 0.25) is 5.91 Å². The van der Waals surface area contributed by atoms with Crippen molar-refractivity contribution in [3.05, 3.63) is 24.0 Å². The van der Waals surface area contributed by atoms with E-state index in [-0.39, 0.29) is 37.8 Å². The molecule has 5 unspecified atom stereocenters. The van der Waals surface area contributed by atoms with Crippen LogP contribution in [0.1, 0.15) is 26.7 Å². The van der Waals surface area contributed by atoms with E-state index in [1.165, 1.54) is 0 Å². The number of carbonyl (C=O) groups excluding carboxylic acids is 1. The van der Waals surface area contributed by atoms with E-state index in [9.17, 15) is 4.79 Å². The Hall–Kier alpha value is -1.10. The summed E-state index contributed by atoms with van der Waals surface area (Å²) in [7, 11) is 3.21. The van der Waals surface area contributed by atoms with E-state index in [0.29, 0.717) is 25.0 Å². The zero-order valence-corrected chi connectivity index (χ0v) is 18.2. The Labute approximate surface area is 173 Å². The maximum atomic E-state index is 11.4. The molecule has 0 bridgehead atoms. The lowest BCUT2D eigenvalue weighted by Crippen LogP contribution is -2.40. The van der Waals surface area contributed by atoms with Gasteiger partial charge in [0, 0.05) is 47.8 Å². The van der Waals surface area contributed by atoms with E-state index >= 15 is 0 Å². The van der Waals surface area contributed by atoms with Crippen LogP contribution in [0.3, 0.4) is 0 Å². The van der Waals surface area contributed by atoms with Gasteiger partial charge in [0.25, 0.3) is 0 Å². The van der Waals surface area contributed by atoms with Crippen LogP contribution in [0.5, 0.6) is 0 Å². The number of amides is 1. The molecule has 3 rings (SSSR count). The first-order chi connectivity index (χ1) is 13.8. The Morgan fingerprint density at radius 2 is 1.93 bits per heavy atom. The number of nitrogens with zero attached hydrogens (tertiary/aromatic N) is 1. The third-order valence-electron chi connectivity index (χ3n) is 4.23. The zero-order valence-electron chi connectivity index (χ0n) is 17.1. The summed E-state index contributed by atoms with van der Waals surface area (Å²) in [6, 6.07) is 0. The number of rotatable bonds is 6. The second-order valence-corrected chi connectivity index (χ2v) is 7.15. The molecule has 0 aromatic rings. The van der Waals surface area contributed by atoms with Crippen LogP contribution in [0.2, 0.25) is 0 Å². The Morgan fingerprint density at radius 1 is 1.31 bits per heavy atom. The van der Waals surface area contributed by atoms with Crippen molar-refractivity contribution in [3.63, 3.8) is 0 Å². The second-order valence-electron chi connectivity index (χ2n) is 6.82. The van der Waals surface area contributed by atoms with Gasteiger partial charge in [-0.15, -0.1) is 0 Å². The van der Waals surface area contributed by atoms with Gasteiger partial charge in [-0.2, -0.15) is 0 Å². The van der Waals surface area contributed by atoms with Gasteiger partial charge in [0.1, 0.15) is 18.3 Å². The first-order valence-electron chi connectivity index (χ1n) is 9.26. The Morgan fingerprint density at radius 3 is 2.45 bits per heavy atom. The topological polar surface area (TPSA) is 144 Å². The molecule has 2 fully saturated rings. The summed E-state index contributed by atoms with van der Waals surface area (Å²) < 4.78 is 23.1. The van der Waals surface area contributed by atoms with Gasteiger partial charge in [-0.25, -0.2) is 0 Å². The minimum atomic E-state index is -0.674. The molecule has 5 N–H and O–H groups in total. The van der Waals surface area contributed by atoms with Crippen molar-refractivity contribution < 1.29 is 38.8 Å². The fourth-order valence-corrected chi connectivity index (χ4v) is 3.29. The number of carbonyl (C=O) groups is 1. The number of aliphatic hydroxyl groups excluding tert-OH is 3. The minimum absolute atomic E-state index is 0.0938. The highest BCUT2D eigenvalue weighted by Crippen LogP contribution is 2.40. The molecule has 0 aromatic carbocycles. The molecule has 11 heteroatoms. The van der Waals surface area contributed by atoms with Gasteiger partial charge in [0.05, 0.1) is 6.61 Å². The average molecular weight is 436 g/mol. The van der Waals surface area contributed by atoms with Crippen LogP contribution in [-0.4, -0.2) is 83.4 Å². The number of aliphatic hydroxyl groups is 3. The molecule has 0 radical (unpaired) electrons. The average Bonchev–Trinajstić information content (AvgIpc) is 3.18. The third kappa shape index (κ3) is 7.27. The largest absolute Gasteiger partial charge is 0.400 e. The van der Waals surface area contributed by atoms with Crippen molar-refractivity contribution in [3.8, 4) is 0 Å². The predicted octanol–water partition coefficient (Wildman–Crippen LogP) is -0.404. The second kappa shape index (κ2) is 12.6. The predicted molar refractivity (Wildman–Crippen MR) is 108 cm³/mol. The molecule has 0 aromatic heterocycles. The van der Waals surface area contributed by atoms with Crippen molar-refractivity contribution in [2.45, 2.75) is 57.0 Å². The van der Waals surface area contributed by atoms with Gasteiger partial charge in [-0.3, -0.25) is 4.79 Å². The third-order valence-corrected chi connectivity index (χ3v) is 4.43. The smallest absolute Gasteiger partial charge is 0.246 e. The number of nitrogens with two attached hydrogens (primary N) is 1. The lowest BCUT2D eigenvalue weighted by atomic mass is 10.1. The molecule has 1 amide bonds. The molecule has 168 valence electrons. The fraction of sp³-hybridized carbons (Fsp3) is 0.722. The van der Waals surface area contributed by atoms with Crippen LogP contribution in [-0.2, 0) is 23.5 Å². The summed E-state index contributed by atoms with van der Waals surface area (Å²) in [5.41, 5.74) is 5.90. The Bertz CT molecular complexity index is 570. The molecule has 0 spiro atoms. The van der Waals surface area contributed by atoms with E-state index in [1.54, 1.807) is 6.20 Å². The lowest BCUT2D eigenvalue weighted by Gasteiger charge is -2.31. The van der Waals surface area contributed by atoms with Gasteiger partial charge in [0.15, 0.2) is 12.0 Å². The van der Waals surface area contributed by atoms with Crippen LogP contribution >= 0.6 is 9.47 Å². The van der Waals surface area contributed by atoms with Crippen molar-refractivity contribution in [1.82, 2.24) is 4.90 Å². The molecule has 3 aliphatic rings. The first-order valence-corrected chi connectivity index (χ1v) is 9.74. The van der Waals surface area contributed by atoms with Crippen LogP contribution in [0, 0.1) is 0 Å². The summed E-state index contributed by atoms with van der Waals surface area (Å²) in [5.74, 6) is -1.11. The van der Waals surface area contributed by atoms with Gasteiger partial charge in [-0.05, 0) is 26.7 Å². The van der Waals surface area contributed by atoms with E-state index in [4.69, 9.17) is 39.8 Å². The molecule has 3 aliphatic heterocycles. The summed E-state index contributed by atoms with van der Waals surface area (Å²) in [4.78, 5) is 13.2. The van der Waals surface area contributed by atoms with Crippen LogP contribution in [0.4, 0.5) is 0 Å². The molecule has 0 saturated carbocycles. The SMILES string of the molecule is CC1(C)OC2C(COP)OC(N3C=CCC(C(N)=O)=C3)C2O1.CO.OCCCO. The number of hydrogen-bond acceptors (Lipinski definition) is 9. The Balaban J connectivity index is 0.000000527. The maximum Gasteiger partial charge on any atom is 0.246 e. The lowest BCUT2D eigenvalue weighted by molar-refractivity contribution is -0.200. The Kier molecular flexibility index (Phi) is 11.2. The van der Waals surface area contributed by atoms with E-state index in [2.05, 4.69) is 9.47 Å². The summed E-state index contributed by atoms with van der Waals surface area (Å²) >= 11 is 0. The normalized spacial score (nSPS) is 29.2. The molecule has 3 heterocycles. The highest BCUT2D eigenvalue weighted by Gasteiger charge is 2.56. The molecular formula is C18H33N2O8P. The molecule has 29 heavy (non-hydrogen) atoms. The number of ether oxygens (including phenoxy) is 3. The molecular weight excluding hydrogens is 403 g/mol. The quantitative estimate of drug-likeness (QED) is 0.409. The minimum Gasteiger partial charge on any atom is -0.400 e. The number of primary amides is 1. The zero-order chi connectivity index (χ0) is 22.0. The van der Waals surface area contributed by atoms with Crippen molar-refractivity contribution in [2.24, 2.45) is 5.73 Å². The monoisotopic (exact) mass is 436 g/mol. The summed E-state index contributed by atoms with van der Waals surface area (Å²) in [5, 5.41) is 22.8. The molecule has 5 atom stereocenters. The van der Waals surface area contributed by atoms with Crippen LogP contribution in [0.15, 0.2) is 24.0 Å². The molecule has 2 saturated heterocycles. The number of allylic oxidation sites excluding steroid dienone is 1. The standard InChI is InChI=1S/C14H21N2O5P.C3H8O2.CH4O/c1-14(2)20-10-9(7-18-22)19-13(11(10)21-14)16-5-3-4-8(6-16)12(15)17;4-2-1-3-5;1-2/h3,5-6,9-11,13H,4,7,22H2,1-2H3,(H2,15,17);4-5H,1-3H2;2H,1H3. The molecule has 0 aliphatic carbocycles. The fourth-order valence-electron chi connectivity index (χ4n) is 3.10. The highest BCUT2D eigenvalue weighted by atomic mass is 31.0. The summed E-state index contributed by atoms with van der Waals surface area (Å²) in [6.07, 6.45) is 5.36. The van der Waals surface area contributed by atoms with E-state index < -0.39 is 11.7 Å². The van der Waals surface area contributed by atoms with E-state index in [0.717, 1.165) is 7.11 Å². The van der Waals surface area contributed by atoms with Gasteiger partial charge in [-0.1, -0.05) is 6.08 Å².